The fourth-order valence-electron chi connectivity index (χ4n) is 3.44. The molecule has 1 heterocycles. The van der Waals surface area contributed by atoms with E-state index in [1.54, 1.807) is 34.4 Å². The van der Waals surface area contributed by atoms with Crippen molar-refractivity contribution in [2.24, 2.45) is 0 Å². The van der Waals surface area contributed by atoms with Gasteiger partial charge in [0.1, 0.15) is 0 Å². The number of rotatable bonds is 7. The molecule has 0 bridgehead atoms. The Morgan fingerprint density at radius 1 is 1.00 bits per heavy atom. The van der Waals surface area contributed by atoms with E-state index < -0.39 is 0 Å². The van der Waals surface area contributed by atoms with E-state index in [4.69, 9.17) is 0 Å². The predicted octanol–water partition coefficient (Wildman–Crippen LogP) is 2.91. The van der Waals surface area contributed by atoms with Crippen LogP contribution in [0.15, 0.2) is 47.3 Å². The minimum atomic E-state index is -0.181. The first-order valence-corrected chi connectivity index (χ1v) is 9.77. The lowest BCUT2D eigenvalue weighted by molar-refractivity contribution is -0.116. The number of hydrogen-bond acceptors (Lipinski definition) is 3. The van der Waals surface area contributed by atoms with Gasteiger partial charge in [0.25, 0.3) is 5.91 Å². The van der Waals surface area contributed by atoms with Gasteiger partial charge in [0.2, 0.25) is 5.91 Å². The average Bonchev–Trinajstić information content (AvgIpc) is 2.99. The maximum Gasteiger partial charge on any atom is 0.329 e. The van der Waals surface area contributed by atoms with Crippen LogP contribution in [-0.2, 0) is 17.9 Å². The third-order valence-corrected chi connectivity index (χ3v) is 4.92. The van der Waals surface area contributed by atoms with Crippen molar-refractivity contribution in [2.45, 2.75) is 39.8 Å². The summed E-state index contributed by atoms with van der Waals surface area (Å²) in [6.45, 7) is 4.82. The highest BCUT2D eigenvalue weighted by Gasteiger charge is 2.14. The van der Waals surface area contributed by atoms with E-state index in [-0.39, 0.29) is 23.9 Å². The Morgan fingerprint density at radius 2 is 1.66 bits per heavy atom. The quantitative estimate of drug-likeness (QED) is 0.646. The van der Waals surface area contributed by atoms with Gasteiger partial charge in [0.05, 0.1) is 11.0 Å². The maximum absolute atomic E-state index is 12.8. The predicted molar refractivity (Wildman–Crippen MR) is 114 cm³/mol. The van der Waals surface area contributed by atoms with Gasteiger partial charge in [-0.1, -0.05) is 19.1 Å². The molecule has 0 saturated carbocycles. The number of carbonyl (C=O) groups is 2. The Morgan fingerprint density at radius 3 is 2.24 bits per heavy atom. The molecule has 0 radical (unpaired) electrons. The standard InChI is InChI=1S/C22H26N4O3/c1-4-12-25-18-7-5-6-8-19(18)26(22(25)29)13-11-20(27)24-17-10-9-16(14-15(17)2)21(28)23-3/h5-10,14H,4,11-13H2,1-3H3,(H,23,28)(H,24,27). The summed E-state index contributed by atoms with van der Waals surface area (Å²) in [6.07, 6.45) is 1.04. The number of benzene rings is 2. The van der Waals surface area contributed by atoms with Crippen LogP contribution in [-0.4, -0.2) is 28.0 Å². The Hall–Kier alpha value is -3.35. The third-order valence-electron chi connectivity index (χ3n) is 4.92. The lowest BCUT2D eigenvalue weighted by Crippen LogP contribution is -2.26. The van der Waals surface area contributed by atoms with E-state index >= 15 is 0 Å². The molecule has 29 heavy (non-hydrogen) atoms. The minimum Gasteiger partial charge on any atom is -0.355 e. The molecule has 0 aliphatic heterocycles. The number of aromatic nitrogens is 2. The molecule has 2 aromatic carbocycles. The van der Waals surface area contributed by atoms with Crippen LogP contribution in [0.2, 0.25) is 0 Å². The number of hydrogen-bond donors (Lipinski definition) is 2. The molecular weight excluding hydrogens is 368 g/mol. The third kappa shape index (κ3) is 4.23. The molecule has 0 unspecified atom stereocenters. The number of amides is 2. The first kappa shape index (κ1) is 20.4. The van der Waals surface area contributed by atoms with Gasteiger partial charge in [-0.15, -0.1) is 0 Å². The number of nitrogens with zero attached hydrogens (tertiary/aromatic N) is 2. The molecule has 0 atom stereocenters. The van der Waals surface area contributed by atoms with Crippen molar-refractivity contribution in [1.29, 1.82) is 0 Å². The largest absolute Gasteiger partial charge is 0.355 e. The van der Waals surface area contributed by atoms with Gasteiger partial charge in [0.15, 0.2) is 0 Å². The smallest absolute Gasteiger partial charge is 0.329 e. The number of para-hydroxylation sites is 2. The number of carbonyl (C=O) groups excluding carboxylic acids is 2. The van der Waals surface area contributed by atoms with Gasteiger partial charge in [-0.3, -0.25) is 18.7 Å². The summed E-state index contributed by atoms with van der Waals surface area (Å²) in [5, 5.41) is 5.45. The zero-order valence-corrected chi connectivity index (χ0v) is 17.0. The van der Waals surface area contributed by atoms with Crippen molar-refractivity contribution < 1.29 is 9.59 Å². The second-order valence-corrected chi connectivity index (χ2v) is 6.98. The van der Waals surface area contributed by atoms with Crippen LogP contribution in [0.4, 0.5) is 5.69 Å². The number of aryl methyl sites for hydroxylation is 3. The van der Waals surface area contributed by atoms with Crippen molar-refractivity contribution in [3.05, 3.63) is 64.1 Å². The Labute approximate surface area is 169 Å². The summed E-state index contributed by atoms with van der Waals surface area (Å²) < 4.78 is 3.42. The molecule has 7 heteroatoms. The maximum atomic E-state index is 12.8. The molecule has 2 amide bonds. The summed E-state index contributed by atoms with van der Waals surface area (Å²) in [7, 11) is 1.58. The van der Waals surface area contributed by atoms with Crippen LogP contribution >= 0.6 is 0 Å². The molecule has 3 rings (SSSR count). The van der Waals surface area contributed by atoms with Crippen LogP contribution in [0.1, 0.15) is 35.7 Å². The number of imidazole rings is 1. The molecule has 0 spiro atoms. The highest BCUT2D eigenvalue weighted by molar-refractivity contribution is 5.96. The highest BCUT2D eigenvalue weighted by atomic mass is 16.2. The van der Waals surface area contributed by atoms with Crippen LogP contribution in [0.5, 0.6) is 0 Å². The monoisotopic (exact) mass is 394 g/mol. The van der Waals surface area contributed by atoms with Crippen LogP contribution in [0.25, 0.3) is 11.0 Å². The molecule has 0 aliphatic rings. The first-order valence-electron chi connectivity index (χ1n) is 9.77. The SMILES string of the molecule is CCCn1c(=O)n(CCC(=O)Nc2ccc(C(=O)NC)cc2C)c2ccccc21. The summed E-state index contributed by atoms with van der Waals surface area (Å²) in [5.41, 5.74) is 3.63. The van der Waals surface area contributed by atoms with Gasteiger partial charge in [-0.2, -0.15) is 0 Å². The lowest BCUT2D eigenvalue weighted by Gasteiger charge is -2.10. The second-order valence-electron chi connectivity index (χ2n) is 6.98. The van der Waals surface area contributed by atoms with Gasteiger partial charge in [0, 0.05) is 37.8 Å². The summed E-state index contributed by atoms with van der Waals surface area (Å²) in [6, 6.07) is 12.8. The summed E-state index contributed by atoms with van der Waals surface area (Å²) in [4.78, 5) is 37.0. The molecule has 3 aromatic rings. The fraction of sp³-hybridized carbons (Fsp3) is 0.318. The van der Waals surface area contributed by atoms with Gasteiger partial charge >= 0.3 is 5.69 Å². The van der Waals surface area contributed by atoms with Gasteiger partial charge in [-0.05, 0) is 49.2 Å². The van der Waals surface area contributed by atoms with Crippen LogP contribution < -0.4 is 16.3 Å². The van der Waals surface area contributed by atoms with Crippen molar-refractivity contribution >= 4 is 28.5 Å². The Bertz CT molecular complexity index is 1110. The Balaban J connectivity index is 1.74. The molecule has 0 aliphatic carbocycles. The van der Waals surface area contributed by atoms with Gasteiger partial charge < -0.3 is 10.6 Å². The molecule has 1 aromatic heterocycles. The lowest BCUT2D eigenvalue weighted by atomic mass is 10.1. The fourth-order valence-corrected chi connectivity index (χ4v) is 3.44. The highest BCUT2D eigenvalue weighted by Crippen LogP contribution is 2.18. The van der Waals surface area contributed by atoms with Gasteiger partial charge in [-0.25, -0.2) is 4.79 Å². The number of anilines is 1. The first-order chi connectivity index (χ1) is 14.0. The van der Waals surface area contributed by atoms with E-state index in [9.17, 15) is 14.4 Å². The van der Waals surface area contributed by atoms with Crippen molar-refractivity contribution in [2.75, 3.05) is 12.4 Å². The normalized spacial score (nSPS) is 10.9. The second kappa shape index (κ2) is 8.77. The molecule has 0 fully saturated rings. The van der Waals surface area contributed by atoms with E-state index in [2.05, 4.69) is 10.6 Å². The van der Waals surface area contributed by atoms with E-state index in [1.165, 1.54) is 0 Å². The van der Waals surface area contributed by atoms with E-state index in [1.807, 2.05) is 38.1 Å². The van der Waals surface area contributed by atoms with E-state index in [0.29, 0.717) is 24.3 Å². The average molecular weight is 394 g/mol. The summed E-state index contributed by atoms with van der Waals surface area (Å²) >= 11 is 0. The van der Waals surface area contributed by atoms with Crippen LogP contribution in [0, 0.1) is 6.92 Å². The van der Waals surface area contributed by atoms with Crippen LogP contribution in [0.3, 0.4) is 0 Å². The minimum absolute atomic E-state index is 0.0908. The Kier molecular flexibility index (Phi) is 6.16. The van der Waals surface area contributed by atoms with Crippen molar-refractivity contribution in [3.8, 4) is 0 Å². The topological polar surface area (TPSA) is 85.1 Å². The van der Waals surface area contributed by atoms with E-state index in [0.717, 1.165) is 23.0 Å². The number of nitrogens with one attached hydrogen (secondary N) is 2. The number of fused-ring (bicyclic) bond motifs is 1. The molecule has 152 valence electrons. The molecule has 7 nitrogen and oxygen atoms in total. The molecular formula is C22H26N4O3. The summed E-state index contributed by atoms with van der Waals surface area (Å²) in [5.74, 6) is -0.353. The zero-order chi connectivity index (χ0) is 21.0. The van der Waals surface area contributed by atoms with Crippen molar-refractivity contribution in [1.82, 2.24) is 14.5 Å². The van der Waals surface area contributed by atoms with Crippen molar-refractivity contribution in [3.63, 3.8) is 0 Å². The molecule has 2 N–H and O–H groups in total. The molecule has 0 saturated heterocycles. The zero-order valence-electron chi connectivity index (χ0n) is 17.0.